The lowest BCUT2D eigenvalue weighted by Gasteiger charge is -2.12. The van der Waals surface area contributed by atoms with Crippen LogP contribution in [-0.2, 0) is 21.1 Å². The zero-order chi connectivity index (χ0) is 19.8. The molecular formula is C18H22ClN3O4S. The van der Waals surface area contributed by atoms with Crippen molar-refractivity contribution in [2.24, 2.45) is 0 Å². The third-order valence-corrected chi connectivity index (χ3v) is 6.85. The molecule has 1 N–H and O–H groups in total. The Hall–Kier alpha value is -2.06. The fraction of sp³-hybridized carbons (Fsp3) is 0.444. The maximum Gasteiger partial charge on any atom is 0.228 e. The number of amides is 1. The molecule has 0 spiro atoms. The second-order valence-electron chi connectivity index (χ2n) is 6.73. The molecule has 1 aromatic carbocycles. The monoisotopic (exact) mass is 411 g/mol. The molecule has 2 aromatic rings. The zero-order valence-corrected chi connectivity index (χ0v) is 17.0. The summed E-state index contributed by atoms with van der Waals surface area (Å²) in [6, 6.07) is 4.87. The maximum absolute atomic E-state index is 12.5. The zero-order valence-electron chi connectivity index (χ0n) is 15.5. The summed E-state index contributed by atoms with van der Waals surface area (Å²) < 4.78 is 30.3. The number of aryl methyl sites for hydroxylation is 1. The normalized spacial score (nSPS) is 18.4. The van der Waals surface area contributed by atoms with E-state index in [4.69, 9.17) is 16.3 Å². The van der Waals surface area contributed by atoms with Gasteiger partial charge in [0.25, 0.3) is 0 Å². The van der Waals surface area contributed by atoms with Gasteiger partial charge in [-0.15, -0.1) is 0 Å². The lowest BCUT2D eigenvalue weighted by atomic mass is 10.1. The van der Waals surface area contributed by atoms with Crippen LogP contribution >= 0.6 is 11.6 Å². The van der Waals surface area contributed by atoms with Gasteiger partial charge in [-0.2, -0.15) is 5.10 Å². The number of hydrogen-bond donors (Lipinski definition) is 1. The number of sulfone groups is 1. The number of ether oxygens (including phenoxy) is 1. The smallest absolute Gasteiger partial charge is 0.228 e. The molecule has 0 bridgehead atoms. The van der Waals surface area contributed by atoms with Crippen LogP contribution in [0.25, 0.3) is 0 Å². The van der Waals surface area contributed by atoms with Crippen LogP contribution < -0.4 is 10.1 Å². The van der Waals surface area contributed by atoms with E-state index in [1.807, 2.05) is 13.8 Å². The summed E-state index contributed by atoms with van der Waals surface area (Å²) in [6.45, 7) is 3.71. The summed E-state index contributed by atoms with van der Waals surface area (Å²) in [5.74, 6) is 0.629. The van der Waals surface area contributed by atoms with E-state index in [-0.39, 0.29) is 29.9 Å². The Morgan fingerprint density at radius 1 is 1.41 bits per heavy atom. The lowest BCUT2D eigenvalue weighted by molar-refractivity contribution is -0.115. The molecule has 1 aromatic heterocycles. The van der Waals surface area contributed by atoms with Crippen LogP contribution in [0, 0.1) is 13.8 Å². The van der Waals surface area contributed by atoms with Crippen LogP contribution in [0.15, 0.2) is 18.2 Å². The molecule has 3 rings (SSSR count). The van der Waals surface area contributed by atoms with Gasteiger partial charge >= 0.3 is 0 Å². The van der Waals surface area contributed by atoms with Crippen LogP contribution in [0.2, 0.25) is 5.02 Å². The van der Waals surface area contributed by atoms with Gasteiger partial charge in [0.2, 0.25) is 5.91 Å². The van der Waals surface area contributed by atoms with Crippen molar-refractivity contribution in [3.63, 3.8) is 0 Å². The fourth-order valence-electron chi connectivity index (χ4n) is 3.39. The summed E-state index contributed by atoms with van der Waals surface area (Å²) in [6.07, 6.45) is 0.709. The molecule has 1 saturated heterocycles. The summed E-state index contributed by atoms with van der Waals surface area (Å²) in [5.41, 5.74) is 2.96. The van der Waals surface area contributed by atoms with Crippen LogP contribution in [0.3, 0.4) is 0 Å². The molecule has 2 heterocycles. The molecule has 1 unspecified atom stereocenters. The first-order valence-electron chi connectivity index (χ1n) is 8.58. The molecule has 1 atom stereocenters. The molecule has 9 heteroatoms. The highest BCUT2D eigenvalue weighted by Crippen LogP contribution is 2.28. The maximum atomic E-state index is 12.5. The molecular weight excluding hydrogens is 390 g/mol. The number of halogens is 1. The van der Waals surface area contributed by atoms with E-state index < -0.39 is 9.84 Å². The van der Waals surface area contributed by atoms with Gasteiger partial charge in [-0.05, 0) is 38.5 Å². The molecule has 27 heavy (non-hydrogen) atoms. The van der Waals surface area contributed by atoms with Gasteiger partial charge < -0.3 is 10.1 Å². The fourth-order valence-corrected chi connectivity index (χ4v) is 5.34. The van der Waals surface area contributed by atoms with E-state index in [9.17, 15) is 13.2 Å². The Bertz CT molecular complexity index is 985. The van der Waals surface area contributed by atoms with Crippen LogP contribution in [0.4, 0.5) is 5.69 Å². The minimum absolute atomic E-state index is 0.102. The first-order chi connectivity index (χ1) is 12.7. The van der Waals surface area contributed by atoms with Gasteiger partial charge in [-0.1, -0.05) is 11.6 Å². The highest BCUT2D eigenvalue weighted by molar-refractivity contribution is 7.91. The largest absolute Gasteiger partial charge is 0.495 e. The molecule has 1 aliphatic rings. The number of methoxy groups -OCH3 is 1. The molecule has 1 fully saturated rings. The minimum Gasteiger partial charge on any atom is -0.495 e. The van der Waals surface area contributed by atoms with E-state index in [2.05, 4.69) is 10.4 Å². The van der Waals surface area contributed by atoms with Crippen molar-refractivity contribution in [2.45, 2.75) is 32.7 Å². The van der Waals surface area contributed by atoms with E-state index in [0.29, 0.717) is 22.9 Å². The number of nitrogens with one attached hydrogen (secondary N) is 1. The van der Waals surface area contributed by atoms with Gasteiger partial charge in [-0.3, -0.25) is 9.48 Å². The number of aromatic nitrogens is 2. The minimum atomic E-state index is -3.00. The lowest BCUT2D eigenvalue weighted by Crippen LogP contribution is -2.16. The van der Waals surface area contributed by atoms with Gasteiger partial charge in [0.05, 0.1) is 41.8 Å². The molecule has 0 aliphatic carbocycles. The Labute approximate surface area is 163 Å². The number of hydrogen-bond acceptors (Lipinski definition) is 5. The van der Waals surface area contributed by atoms with E-state index in [0.717, 1.165) is 17.0 Å². The molecule has 146 valence electrons. The number of benzene rings is 1. The van der Waals surface area contributed by atoms with Crippen LogP contribution in [0.5, 0.6) is 5.75 Å². The highest BCUT2D eigenvalue weighted by Gasteiger charge is 2.31. The predicted octanol–water partition coefficient (Wildman–Crippen LogP) is 2.70. The van der Waals surface area contributed by atoms with E-state index >= 15 is 0 Å². The molecule has 0 radical (unpaired) electrons. The van der Waals surface area contributed by atoms with Crippen molar-refractivity contribution < 1.29 is 17.9 Å². The SMILES string of the molecule is COc1ccc(NC(=O)Cc2c(C)nn(C3CCS(=O)(=O)C3)c2C)cc1Cl. The molecule has 0 saturated carbocycles. The Morgan fingerprint density at radius 3 is 2.74 bits per heavy atom. The first kappa shape index (κ1) is 19.7. The molecule has 7 nitrogen and oxygen atoms in total. The third-order valence-electron chi connectivity index (χ3n) is 4.80. The second-order valence-corrected chi connectivity index (χ2v) is 9.36. The number of carbonyl (C=O) groups excluding carboxylic acids is 1. The summed E-state index contributed by atoms with van der Waals surface area (Å²) in [5, 5.41) is 7.72. The third kappa shape index (κ3) is 4.27. The van der Waals surface area contributed by atoms with Crippen molar-refractivity contribution >= 4 is 33.0 Å². The summed E-state index contributed by atoms with van der Waals surface area (Å²) in [4.78, 5) is 12.5. The molecule has 1 amide bonds. The number of carbonyl (C=O) groups is 1. The van der Waals surface area contributed by atoms with Crippen molar-refractivity contribution in [1.82, 2.24) is 9.78 Å². The number of nitrogens with zero attached hydrogens (tertiary/aromatic N) is 2. The van der Waals surface area contributed by atoms with Crippen LogP contribution in [-0.4, -0.2) is 42.7 Å². The second kappa shape index (κ2) is 7.52. The predicted molar refractivity (Wildman–Crippen MR) is 104 cm³/mol. The van der Waals surface area contributed by atoms with Gasteiger partial charge in [0, 0.05) is 16.9 Å². The van der Waals surface area contributed by atoms with Crippen molar-refractivity contribution in [3.8, 4) is 5.75 Å². The summed E-state index contributed by atoms with van der Waals surface area (Å²) in [7, 11) is -1.47. The van der Waals surface area contributed by atoms with E-state index in [1.165, 1.54) is 7.11 Å². The van der Waals surface area contributed by atoms with Crippen LogP contribution in [0.1, 0.15) is 29.4 Å². The van der Waals surface area contributed by atoms with Gasteiger partial charge in [0.1, 0.15) is 5.75 Å². The van der Waals surface area contributed by atoms with Crippen molar-refractivity contribution in [3.05, 3.63) is 40.2 Å². The number of rotatable bonds is 5. The van der Waals surface area contributed by atoms with Crippen molar-refractivity contribution in [1.29, 1.82) is 0 Å². The average molecular weight is 412 g/mol. The standard InChI is InChI=1S/C18H22ClN3O4S/c1-11-15(12(2)22(21-11)14-6-7-27(24,25)10-14)9-18(23)20-13-4-5-17(26-3)16(19)8-13/h4-5,8,14H,6-7,9-10H2,1-3H3,(H,20,23). The topological polar surface area (TPSA) is 90.3 Å². The van der Waals surface area contributed by atoms with Crippen molar-refractivity contribution in [2.75, 3.05) is 23.9 Å². The number of anilines is 1. The Kier molecular flexibility index (Phi) is 5.48. The van der Waals surface area contributed by atoms with Gasteiger partial charge in [0.15, 0.2) is 9.84 Å². The Balaban J connectivity index is 1.74. The molecule has 1 aliphatic heterocycles. The van der Waals surface area contributed by atoms with E-state index in [1.54, 1.807) is 22.9 Å². The highest BCUT2D eigenvalue weighted by atomic mass is 35.5. The average Bonchev–Trinajstić information content (AvgIpc) is 3.08. The Morgan fingerprint density at radius 2 is 2.15 bits per heavy atom. The first-order valence-corrected chi connectivity index (χ1v) is 10.8. The quantitative estimate of drug-likeness (QED) is 0.816. The summed E-state index contributed by atoms with van der Waals surface area (Å²) >= 11 is 6.08. The van der Waals surface area contributed by atoms with Gasteiger partial charge in [-0.25, -0.2) is 8.42 Å².